The fraction of sp³-hybridized carbons (Fsp3) is 0. The molecule has 3 nitrogen and oxygen atoms in total. The van der Waals surface area contributed by atoms with Gasteiger partial charge in [-0.2, -0.15) is 0 Å². The zero-order valence-electron chi connectivity index (χ0n) is 2.72. The van der Waals surface area contributed by atoms with E-state index < -0.39 is 0 Å². The van der Waals surface area contributed by atoms with Crippen LogP contribution in [-0.2, 0) is 4.79 Å². The van der Waals surface area contributed by atoms with Gasteiger partial charge in [-0.15, -0.1) is 0 Å². The van der Waals surface area contributed by atoms with E-state index in [2.05, 4.69) is 0 Å². The van der Waals surface area contributed by atoms with Gasteiger partial charge in [-0.05, 0) is 0 Å². The van der Waals surface area contributed by atoms with Crippen molar-refractivity contribution >= 4 is 55.7 Å². The summed E-state index contributed by atoms with van der Waals surface area (Å²) in [5, 5.41) is 0. The fourth-order valence-electron chi connectivity index (χ4n) is 0. The van der Waals surface area contributed by atoms with Crippen molar-refractivity contribution in [2.75, 3.05) is 0 Å². The Kier molecular flexibility index (Phi) is 466. The van der Waals surface area contributed by atoms with Crippen molar-refractivity contribution in [2.45, 2.75) is 0 Å². The molecule has 0 fully saturated rings. The number of rotatable bonds is 0. The Labute approximate surface area is 70.4 Å². The van der Waals surface area contributed by atoms with Crippen LogP contribution in [0.15, 0.2) is 0 Å². The third-order valence-electron chi connectivity index (χ3n) is 0. The molecular weight excluding hydrogens is 197 g/mol. The molecule has 0 unspecified atom stereocenters. The molecule has 0 bridgehead atoms. The monoisotopic (exact) mass is 202 g/mol. The molecule has 0 heterocycles. The van der Waals surface area contributed by atoms with Gasteiger partial charge >= 0.3 is 48.9 Å². The van der Waals surface area contributed by atoms with Crippen molar-refractivity contribution in [3.63, 3.8) is 0 Å². The summed E-state index contributed by atoms with van der Waals surface area (Å²) in [6, 6.07) is 0. The molecule has 0 aliphatic rings. The van der Waals surface area contributed by atoms with Gasteiger partial charge < -0.3 is 15.7 Å². The van der Waals surface area contributed by atoms with Gasteiger partial charge in [-0.1, -0.05) is 0 Å². The molecule has 28 valence electrons. The Hall–Kier alpha value is 1.16. The van der Waals surface area contributed by atoms with Crippen molar-refractivity contribution in [1.82, 2.24) is 0 Å². The molecule has 0 aromatic carbocycles. The minimum atomic E-state index is 0. The van der Waals surface area contributed by atoms with Crippen LogP contribution in [0.25, 0.3) is 0 Å². The van der Waals surface area contributed by atoms with Crippen LogP contribution in [0.4, 0.5) is 0 Å². The van der Waals surface area contributed by atoms with Gasteiger partial charge in [0.1, 0.15) is 6.79 Å². The summed E-state index contributed by atoms with van der Waals surface area (Å²) < 4.78 is 0. The first kappa shape index (κ1) is 35.1. The van der Waals surface area contributed by atoms with Crippen LogP contribution < -0.4 is 0 Å². The van der Waals surface area contributed by atoms with Crippen molar-refractivity contribution in [2.24, 2.45) is 0 Å². The number of carbonyl (C=O) groups excluding carboxylic acids is 1. The molecule has 5 heavy (non-hydrogen) atoms. The second-order valence-electron chi connectivity index (χ2n) is 0. The number of hydrogen-bond acceptors (Lipinski definition) is 3. The van der Waals surface area contributed by atoms with Crippen LogP contribution in [0.5, 0.6) is 0 Å². The molecule has 0 atom stereocenters. The summed E-state index contributed by atoms with van der Waals surface area (Å²) in [4.78, 5) is 8.00. The molecule has 0 aliphatic heterocycles. The maximum absolute atomic E-state index is 8.00. The number of carbonyl (C=O) groups is 1. The standard InChI is InChI=1S/CH2O.Ba.2H2O/c1-2;;;/h1H2;;2*1H2/q;+2;;/p-2. The Morgan fingerprint density at radius 1 is 1.00 bits per heavy atom. The van der Waals surface area contributed by atoms with Crippen molar-refractivity contribution in [3.05, 3.63) is 0 Å². The molecule has 2 N–H and O–H groups in total. The van der Waals surface area contributed by atoms with Crippen LogP contribution in [0.1, 0.15) is 0 Å². The maximum Gasteiger partial charge on any atom is 2.00 e. The molecule has 0 aromatic rings. The second kappa shape index (κ2) is 66.3. The Balaban J connectivity index is -0.00000000167. The van der Waals surface area contributed by atoms with Gasteiger partial charge in [0.05, 0.1) is 0 Å². The molecule has 0 radical (unpaired) electrons. The normalized spacial score (nSPS) is 0.800. The predicted octanol–water partition coefficient (Wildman–Crippen LogP) is -0.919. The van der Waals surface area contributed by atoms with Crippen molar-refractivity contribution in [3.8, 4) is 0 Å². The van der Waals surface area contributed by atoms with E-state index in [1.54, 1.807) is 0 Å². The minimum Gasteiger partial charge on any atom is -0.870 e. The van der Waals surface area contributed by atoms with Crippen molar-refractivity contribution < 1.29 is 15.7 Å². The van der Waals surface area contributed by atoms with Crippen LogP contribution in [0, 0.1) is 0 Å². The zero-order valence-corrected chi connectivity index (χ0v) is 7.16. The first-order chi connectivity index (χ1) is 1.00. The zero-order chi connectivity index (χ0) is 2.00. The van der Waals surface area contributed by atoms with E-state index in [0.717, 1.165) is 0 Å². The summed E-state index contributed by atoms with van der Waals surface area (Å²) in [6.07, 6.45) is 0. The molecule has 0 amide bonds. The fourth-order valence-corrected chi connectivity index (χ4v) is 0. The summed E-state index contributed by atoms with van der Waals surface area (Å²) in [7, 11) is 0. The van der Waals surface area contributed by atoms with Crippen molar-refractivity contribution in [1.29, 1.82) is 0 Å². The topological polar surface area (TPSA) is 77.1 Å². The minimum absolute atomic E-state index is 0. The molecule has 0 spiro atoms. The number of hydrogen-bond donors (Lipinski definition) is 0. The van der Waals surface area contributed by atoms with Crippen LogP contribution in [-0.4, -0.2) is 66.6 Å². The molecular formula is CH4BaO3. The van der Waals surface area contributed by atoms with E-state index in [1.165, 1.54) is 0 Å². The average molecular weight is 201 g/mol. The largest absolute Gasteiger partial charge is 2.00 e. The smallest absolute Gasteiger partial charge is 0.870 e. The Bertz CT molecular complexity index is 6.85. The summed E-state index contributed by atoms with van der Waals surface area (Å²) in [5.41, 5.74) is 0. The Morgan fingerprint density at radius 3 is 1.00 bits per heavy atom. The predicted molar refractivity (Wildman–Crippen MR) is 16.7 cm³/mol. The van der Waals surface area contributed by atoms with E-state index in [4.69, 9.17) is 4.79 Å². The van der Waals surface area contributed by atoms with Gasteiger partial charge in [-0.3, -0.25) is 0 Å². The van der Waals surface area contributed by atoms with Gasteiger partial charge in [0, 0.05) is 0 Å². The van der Waals surface area contributed by atoms with Crippen LogP contribution >= 0.6 is 0 Å². The third-order valence-corrected chi connectivity index (χ3v) is 0. The molecule has 4 heteroatoms. The summed E-state index contributed by atoms with van der Waals surface area (Å²) in [5.74, 6) is 0. The van der Waals surface area contributed by atoms with E-state index in [1.807, 2.05) is 6.79 Å². The maximum atomic E-state index is 8.00. The molecule has 0 aromatic heterocycles. The van der Waals surface area contributed by atoms with E-state index in [0.29, 0.717) is 0 Å². The SMILES string of the molecule is C=O.[Ba+2].[OH-].[OH-]. The van der Waals surface area contributed by atoms with Crippen LogP contribution in [0.3, 0.4) is 0 Å². The van der Waals surface area contributed by atoms with Crippen LogP contribution in [0.2, 0.25) is 0 Å². The first-order valence-corrected chi connectivity index (χ1v) is 0.289. The second-order valence-corrected chi connectivity index (χ2v) is 0. The van der Waals surface area contributed by atoms with Gasteiger partial charge in [0.15, 0.2) is 0 Å². The summed E-state index contributed by atoms with van der Waals surface area (Å²) >= 11 is 0. The van der Waals surface area contributed by atoms with E-state index >= 15 is 0 Å². The molecule has 0 rings (SSSR count). The van der Waals surface area contributed by atoms with E-state index in [9.17, 15) is 0 Å². The van der Waals surface area contributed by atoms with Gasteiger partial charge in [-0.25, -0.2) is 0 Å². The Morgan fingerprint density at radius 2 is 1.00 bits per heavy atom. The average Bonchev–Trinajstić information content (AvgIpc) is 1.00. The molecule has 0 saturated carbocycles. The first-order valence-electron chi connectivity index (χ1n) is 0.289. The molecule has 0 aliphatic carbocycles. The quantitative estimate of drug-likeness (QED) is 0.476. The third kappa shape index (κ3) is 38.2. The van der Waals surface area contributed by atoms with Gasteiger partial charge in [0.25, 0.3) is 0 Å². The molecule has 0 saturated heterocycles. The van der Waals surface area contributed by atoms with Gasteiger partial charge in [0.2, 0.25) is 0 Å². The summed E-state index contributed by atoms with van der Waals surface area (Å²) in [6.45, 7) is 2.00. The van der Waals surface area contributed by atoms with E-state index in [-0.39, 0.29) is 59.8 Å².